The van der Waals surface area contributed by atoms with Crippen LogP contribution in [-0.4, -0.2) is 36.5 Å². The maximum absolute atomic E-state index is 13.0. The Morgan fingerprint density at radius 2 is 2.00 bits per heavy atom. The predicted molar refractivity (Wildman–Crippen MR) is 115 cm³/mol. The molecule has 25 heavy (non-hydrogen) atoms. The first kappa shape index (κ1) is 21.8. The van der Waals surface area contributed by atoms with Crippen molar-refractivity contribution in [2.24, 2.45) is 4.99 Å². The summed E-state index contributed by atoms with van der Waals surface area (Å²) in [6.45, 7) is 5.77. The highest BCUT2D eigenvalue weighted by Gasteiger charge is 2.08. The minimum absolute atomic E-state index is 0. The van der Waals surface area contributed by atoms with Crippen LogP contribution in [0.2, 0.25) is 0 Å². The van der Waals surface area contributed by atoms with Gasteiger partial charge in [0.15, 0.2) is 5.96 Å². The van der Waals surface area contributed by atoms with Gasteiger partial charge in [0.1, 0.15) is 5.82 Å². The molecule has 0 aliphatic rings. The molecule has 0 fully saturated rings. The molecule has 0 amide bonds. The Morgan fingerprint density at radius 3 is 2.56 bits per heavy atom. The summed E-state index contributed by atoms with van der Waals surface area (Å²) in [5.41, 5.74) is 2.16. The van der Waals surface area contributed by atoms with E-state index in [-0.39, 0.29) is 29.8 Å². The van der Waals surface area contributed by atoms with Gasteiger partial charge in [-0.05, 0) is 17.7 Å². The van der Waals surface area contributed by atoms with Crippen LogP contribution in [0.3, 0.4) is 0 Å². The van der Waals surface area contributed by atoms with Crippen LogP contribution in [0.15, 0.2) is 34.6 Å². The van der Waals surface area contributed by atoms with Crippen molar-refractivity contribution >= 4 is 41.3 Å². The zero-order valence-electron chi connectivity index (χ0n) is 15.1. The molecule has 1 aromatic carbocycles. The lowest BCUT2D eigenvalue weighted by molar-refractivity contribution is 0.476. The average Bonchev–Trinajstić information content (AvgIpc) is 3.03. The third-order valence-corrected chi connectivity index (χ3v) is 4.83. The number of benzene rings is 1. The fourth-order valence-corrected chi connectivity index (χ4v) is 3.20. The zero-order valence-corrected chi connectivity index (χ0v) is 18.3. The van der Waals surface area contributed by atoms with Crippen molar-refractivity contribution in [1.29, 1.82) is 0 Å². The van der Waals surface area contributed by atoms with E-state index in [4.69, 9.17) is 0 Å². The number of aromatic nitrogens is 1. The molecule has 0 spiro atoms. The number of nitrogens with one attached hydrogen (secondary N) is 1. The number of hydrogen-bond acceptors (Lipinski definition) is 3. The van der Waals surface area contributed by atoms with E-state index in [1.54, 1.807) is 30.5 Å². The summed E-state index contributed by atoms with van der Waals surface area (Å²) in [6.07, 6.45) is 0.868. The van der Waals surface area contributed by atoms with Crippen molar-refractivity contribution in [3.63, 3.8) is 0 Å². The molecule has 1 N–H and O–H groups in total. The predicted octanol–water partition coefficient (Wildman–Crippen LogP) is 4.27. The van der Waals surface area contributed by atoms with Gasteiger partial charge in [-0.25, -0.2) is 9.37 Å². The third kappa shape index (κ3) is 6.89. The molecule has 2 rings (SSSR count). The summed E-state index contributed by atoms with van der Waals surface area (Å²) in [5, 5.41) is 6.66. The molecule has 1 aromatic heterocycles. The van der Waals surface area contributed by atoms with Crippen LogP contribution in [-0.2, 0) is 13.0 Å². The van der Waals surface area contributed by atoms with Crippen LogP contribution >= 0.6 is 35.3 Å². The second-order valence-corrected chi connectivity index (χ2v) is 6.93. The Hall–Kier alpha value is -1.22. The van der Waals surface area contributed by atoms with Gasteiger partial charge in [0, 0.05) is 44.9 Å². The minimum Gasteiger partial charge on any atom is -0.356 e. The van der Waals surface area contributed by atoms with Crippen molar-refractivity contribution in [3.05, 3.63) is 51.7 Å². The van der Waals surface area contributed by atoms with Crippen molar-refractivity contribution in [3.8, 4) is 0 Å². The molecule has 0 aliphatic heterocycles. The molecule has 4 nitrogen and oxygen atoms in total. The quantitative estimate of drug-likeness (QED) is 0.385. The summed E-state index contributed by atoms with van der Waals surface area (Å²) in [6, 6.07) is 6.55. The number of thiazole rings is 1. The standard InChI is InChI=1S/C18H25FN4S.HI/c1-13(2)17-22-16(12-24-17)9-10-21-18(20-3)23(4)11-14-5-7-15(19)8-6-14;/h5-8,12-13H,9-11H2,1-4H3,(H,20,21);1H. The van der Waals surface area contributed by atoms with E-state index in [9.17, 15) is 4.39 Å². The largest absolute Gasteiger partial charge is 0.356 e. The highest BCUT2D eigenvalue weighted by Crippen LogP contribution is 2.19. The number of rotatable bonds is 6. The van der Waals surface area contributed by atoms with E-state index in [0.717, 1.165) is 30.2 Å². The van der Waals surface area contributed by atoms with Crippen molar-refractivity contribution in [2.75, 3.05) is 20.6 Å². The fraction of sp³-hybridized carbons (Fsp3) is 0.444. The SMILES string of the molecule is CN=C(NCCc1csc(C(C)C)n1)N(C)Cc1ccc(F)cc1.I. The minimum atomic E-state index is -0.215. The average molecular weight is 476 g/mol. The molecule has 0 bridgehead atoms. The van der Waals surface area contributed by atoms with Gasteiger partial charge in [-0.2, -0.15) is 0 Å². The van der Waals surface area contributed by atoms with Crippen molar-refractivity contribution in [1.82, 2.24) is 15.2 Å². The van der Waals surface area contributed by atoms with Crippen molar-refractivity contribution < 1.29 is 4.39 Å². The molecular weight excluding hydrogens is 450 g/mol. The molecule has 0 atom stereocenters. The molecule has 0 aliphatic carbocycles. The number of guanidine groups is 1. The lowest BCUT2D eigenvalue weighted by Crippen LogP contribution is -2.39. The van der Waals surface area contributed by atoms with Gasteiger partial charge >= 0.3 is 0 Å². The third-order valence-electron chi connectivity index (χ3n) is 3.63. The van der Waals surface area contributed by atoms with E-state index in [1.165, 1.54) is 17.1 Å². The molecule has 0 saturated heterocycles. The van der Waals surface area contributed by atoms with Gasteiger partial charge in [-0.15, -0.1) is 35.3 Å². The molecule has 138 valence electrons. The van der Waals surface area contributed by atoms with E-state index >= 15 is 0 Å². The molecule has 7 heteroatoms. The maximum Gasteiger partial charge on any atom is 0.193 e. The van der Waals surface area contributed by atoms with Crippen LogP contribution in [0, 0.1) is 5.82 Å². The van der Waals surface area contributed by atoms with Crippen LogP contribution in [0.25, 0.3) is 0 Å². The first-order valence-corrected chi connectivity index (χ1v) is 8.98. The van der Waals surface area contributed by atoms with Gasteiger partial charge in [0.25, 0.3) is 0 Å². The molecule has 0 radical (unpaired) electrons. The number of nitrogens with zero attached hydrogens (tertiary/aromatic N) is 3. The lowest BCUT2D eigenvalue weighted by Gasteiger charge is -2.22. The smallest absolute Gasteiger partial charge is 0.193 e. The normalized spacial score (nSPS) is 11.4. The molecule has 0 saturated carbocycles. The Labute approximate surface area is 170 Å². The monoisotopic (exact) mass is 476 g/mol. The topological polar surface area (TPSA) is 40.5 Å². The first-order chi connectivity index (χ1) is 11.5. The van der Waals surface area contributed by atoms with Gasteiger partial charge in [-0.1, -0.05) is 26.0 Å². The molecule has 2 aromatic rings. The fourth-order valence-electron chi connectivity index (χ4n) is 2.33. The van der Waals surface area contributed by atoms with Crippen LogP contribution in [0.1, 0.15) is 36.0 Å². The van der Waals surface area contributed by atoms with Crippen LogP contribution in [0.5, 0.6) is 0 Å². The van der Waals surface area contributed by atoms with Crippen LogP contribution in [0.4, 0.5) is 4.39 Å². The second-order valence-electron chi connectivity index (χ2n) is 6.04. The number of hydrogen-bond donors (Lipinski definition) is 1. The van der Waals surface area contributed by atoms with Gasteiger partial charge < -0.3 is 10.2 Å². The summed E-state index contributed by atoms with van der Waals surface area (Å²) in [4.78, 5) is 11.0. The highest BCUT2D eigenvalue weighted by molar-refractivity contribution is 14.0. The maximum atomic E-state index is 13.0. The number of aliphatic imine (C=N–C) groups is 1. The Kier molecular flexibility index (Phi) is 9.34. The van der Waals surface area contributed by atoms with Gasteiger partial charge in [0.05, 0.1) is 10.7 Å². The Bertz CT molecular complexity index is 670. The lowest BCUT2D eigenvalue weighted by atomic mass is 10.2. The van der Waals surface area contributed by atoms with E-state index < -0.39 is 0 Å². The zero-order chi connectivity index (χ0) is 17.5. The first-order valence-electron chi connectivity index (χ1n) is 8.10. The van der Waals surface area contributed by atoms with Gasteiger partial charge in [-0.3, -0.25) is 4.99 Å². The molecular formula is C18H26FIN4S. The summed E-state index contributed by atoms with van der Waals surface area (Å²) in [5.74, 6) is 1.08. The summed E-state index contributed by atoms with van der Waals surface area (Å²) < 4.78 is 13.0. The highest BCUT2D eigenvalue weighted by atomic mass is 127. The van der Waals surface area contributed by atoms with E-state index in [1.807, 2.05) is 11.9 Å². The summed E-state index contributed by atoms with van der Waals surface area (Å²) >= 11 is 1.72. The molecule has 1 heterocycles. The second kappa shape index (κ2) is 10.7. The Morgan fingerprint density at radius 1 is 1.32 bits per heavy atom. The van der Waals surface area contributed by atoms with Gasteiger partial charge in [0.2, 0.25) is 0 Å². The van der Waals surface area contributed by atoms with Crippen molar-refractivity contribution in [2.45, 2.75) is 32.7 Å². The molecule has 0 unspecified atom stereocenters. The Balaban J connectivity index is 0.00000312. The van der Waals surface area contributed by atoms with E-state index in [2.05, 4.69) is 34.5 Å². The number of halogens is 2. The summed E-state index contributed by atoms with van der Waals surface area (Å²) in [7, 11) is 3.74. The van der Waals surface area contributed by atoms with Crippen LogP contribution < -0.4 is 5.32 Å². The van der Waals surface area contributed by atoms with E-state index in [0.29, 0.717) is 12.5 Å².